The minimum atomic E-state index is -0.207. The number of carbonyl (C=O) groups excluding carboxylic acids is 2. The summed E-state index contributed by atoms with van der Waals surface area (Å²) >= 11 is 7.96. The molecule has 32 heavy (non-hydrogen) atoms. The first-order valence-corrected chi connectivity index (χ1v) is 12.2. The summed E-state index contributed by atoms with van der Waals surface area (Å²) in [6.07, 6.45) is 2.41. The van der Waals surface area contributed by atoms with Crippen LogP contribution in [-0.2, 0) is 9.53 Å². The molecule has 2 aromatic rings. The number of rotatable bonds is 10. The molecule has 1 unspecified atom stereocenters. The highest BCUT2D eigenvalue weighted by Crippen LogP contribution is 2.30. The van der Waals surface area contributed by atoms with Gasteiger partial charge in [0.25, 0.3) is 11.8 Å². The summed E-state index contributed by atoms with van der Waals surface area (Å²) in [6, 6.07) is 12.5. The summed E-state index contributed by atoms with van der Waals surface area (Å²) in [4.78, 5) is 27.6. The lowest BCUT2D eigenvalue weighted by atomic mass is 10.2. The Morgan fingerprint density at radius 2 is 2.00 bits per heavy atom. The number of anilines is 1. The van der Waals surface area contributed by atoms with Gasteiger partial charge in [-0.3, -0.25) is 9.59 Å². The lowest BCUT2D eigenvalue weighted by Crippen LogP contribution is -2.34. The second-order valence-corrected chi connectivity index (χ2v) is 8.87. The van der Waals surface area contributed by atoms with Gasteiger partial charge >= 0.3 is 0 Å². The molecule has 1 atom stereocenters. The van der Waals surface area contributed by atoms with Crippen LogP contribution in [0, 0.1) is 0 Å². The maximum absolute atomic E-state index is 12.9. The third kappa shape index (κ3) is 6.64. The number of halogens is 1. The highest BCUT2D eigenvalue weighted by Gasteiger charge is 2.18. The van der Waals surface area contributed by atoms with Crippen molar-refractivity contribution < 1.29 is 19.1 Å². The molecule has 8 heteroatoms. The van der Waals surface area contributed by atoms with Crippen LogP contribution in [0.2, 0.25) is 5.02 Å². The van der Waals surface area contributed by atoms with Crippen LogP contribution in [0.3, 0.4) is 0 Å². The molecule has 1 heterocycles. The number of thioether (sulfide) groups is 1. The number of nitrogens with zero attached hydrogens (tertiary/aromatic N) is 1. The highest BCUT2D eigenvalue weighted by molar-refractivity contribution is 7.99. The quantitative estimate of drug-likeness (QED) is 0.482. The first-order valence-electron chi connectivity index (χ1n) is 10.9. The van der Waals surface area contributed by atoms with Crippen molar-refractivity contribution >= 4 is 40.9 Å². The first-order chi connectivity index (χ1) is 15.5. The standard InChI is InChI=1S/C24H29ClN2O4S/c1-3-27(4-2)23(28)15-31-21-12-11-17(14-20(21)25)26-24(29)19-9-5-6-10-22(19)32-16-18-8-7-13-30-18/h5-6,9-12,14,18H,3-4,7-8,13,15-16H2,1-2H3,(H,26,29). The second kappa shape index (κ2) is 12.1. The monoisotopic (exact) mass is 476 g/mol. The normalized spacial score (nSPS) is 15.4. The molecule has 3 rings (SSSR count). The topological polar surface area (TPSA) is 67.9 Å². The van der Waals surface area contributed by atoms with Gasteiger partial charge in [0.2, 0.25) is 0 Å². The van der Waals surface area contributed by atoms with Crippen molar-refractivity contribution in [1.82, 2.24) is 4.90 Å². The third-order valence-corrected chi connectivity index (χ3v) is 6.74. The average molecular weight is 477 g/mol. The number of benzene rings is 2. The predicted molar refractivity (Wildman–Crippen MR) is 129 cm³/mol. The number of nitrogens with one attached hydrogen (secondary N) is 1. The largest absolute Gasteiger partial charge is 0.482 e. The Hall–Kier alpha value is -2.22. The van der Waals surface area contributed by atoms with Crippen molar-refractivity contribution in [3.05, 3.63) is 53.1 Å². The van der Waals surface area contributed by atoms with Crippen LogP contribution in [0.15, 0.2) is 47.4 Å². The second-order valence-electron chi connectivity index (χ2n) is 7.40. The van der Waals surface area contributed by atoms with Gasteiger partial charge < -0.3 is 19.7 Å². The summed E-state index contributed by atoms with van der Waals surface area (Å²) in [7, 11) is 0. The van der Waals surface area contributed by atoms with Gasteiger partial charge in [0.05, 0.1) is 16.7 Å². The van der Waals surface area contributed by atoms with Gasteiger partial charge in [-0.2, -0.15) is 0 Å². The lowest BCUT2D eigenvalue weighted by molar-refractivity contribution is -0.132. The Morgan fingerprint density at radius 1 is 1.22 bits per heavy atom. The molecule has 6 nitrogen and oxygen atoms in total. The Bertz CT molecular complexity index is 930. The van der Waals surface area contributed by atoms with E-state index in [4.69, 9.17) is 21.1 Å². The predicted octanol–water partition coefficient (Wildman–Crippen LogP) is 5.11. The van der Waals surface area contributed by atoms with Crippen LogP contribution in [0.4, 0.5) is 5.69 Å². The summed E-state index contributed by atoms with van der Waals surface area (Å²) in [5.41, 5.74) is 1.16. The van der Waals surface area contributed by atoms with E-state index in [0.717, 1.165) is 30.1 Å². The molecule has 1 aliphatic heterocycles. The number of hydrogen-bond donors (Lipinski definition) is 1. The SMILES string of the molecule is CCN(CC)C(=O)COc1ccc(NC(=O)c2ccccc2SCC2CCCO2)cc1Cl. The molecule has 1 N–H and O–H groups in total. The van der Waals surface area contributed by atoms with Crippen LogP contribution < -0.4 is 10.1 Å². The number of ether oxygens (including phenoxy) is 2. The van der Waals surface area contributed by atoms with E-state index in [0.29, 0.717) is 35.1 Å². The average Bonchev–Trinajstić information content (AvgIpc) is 3.32. The molecule has 1 saturated heterocycles. The number of carbonyl (C=O) groups is 2. The molecule has 0 aliphatic carbocycles. The van der Waals surface area contributed by atoms with Crippen LogP contribution >= 0.6 is 23.4 Å². The van der Waals surface area contributed by atoms with Crippen LogP contribution in [0.1, 0.15) is 37.0 Å². The van der Waals surface area contributed by atoms with E-state index in [1.165, 1.54) is 0 Å². The van der Waals surface area contributed by atoms with Crippen LogP contribution in [-0.4, -0.2) is 54.9 Å². The Kier molecular flexibility index (Phi) is 9.26. The number of amides is 2. The van der Waals surface area contributed by atoms with E-state index in [2.05, 4.69) is 5.32 Å². The summed E-state index contributed by atoms with van der Waals surface area (Å²) < 4.78 is 11.3. The fraction of sp³-hybridized carbons (Fsp3) is 0.417. The smallest absolute Gasteiger partial charge is 0.260 e. The fourth-order valence-corrected chi connectivity index (χ4v) is 4.79. The Labute approximate surface area is 198 Å². The van der Waals surface area contributed by atoms with E-state index in [1.54, 1.807) is 34.9 Å². The molecule has 172 valence electrons. The molecule has 2 amide bonds. The van der Waals surface area contributed by atoms with Crippen molar-refractivity contribution in [2.75, 3.05) is 37.4 Å². The van der Waals surface area contributed by atoms with E-state index in [1.807, 2.05) is 38.1 Å². The molecule has 1 aliphatic rings. The molecule has 1 fully saturated rings. The van der Waals surface area contributed by atoms with E-state index < -0.39 is 0 Å². The van der Waals surface area contributed by atoms with Gasteiger partial charge in [-0.15, -0.1) is 11.8 Å². The van der Waals surface area contributed by atoms with Gasteiger partial charge in [0, 0.05) is 36.0 Å². The summed E-state index contributed by atoms with van der Waals surface area (Å²) in [6.45, 7) is 5.84. The molecule has 2 aromatic carbocycles. The van der Waals surface area contributed by atoms with Gasteiger partial charge in [0.15, 0.2) is 6.61 Å². The van der Waals surface area contributed by atoms with Crippen LogP contribution in [0.25, 0.3) is 0 Å². The van der Waals surface area contributed by atoms with E-state index >= 15 is 0 Å². The minimum absolute atomic E-state index is 0.0809. The zero-order valence-electron chi connectivity index (χ0n) is 18.4. The molecular formula is C24H29ClN2O4S. The Balaban J connectivity index is 1.60. The fourth-order valence-electron chi connectivity index (χ4n) is 3.44. The molecule has 0 saturated carbocycles. The zero-order valence-corrected chi connectivity index (χ0v) is 20.0. The molecule has 0 bridgehead atoms. The van der Waals surface area contributed by atoms with Crippen molar-refractivity contribution in [2.45, 2.75) is 37.7 Å². The Morgan fingerprint density at radius 3 is 2.69 bits per heavy atom. The maximum atomic E-state index is 12.9. The molecular weight excluding hydrogens is 448 g/mol. The maximum Gasteiger partial charge on any atom is 0.260 e. The zero-order chi connectivity index (χ0) is 22.9. The minimum Gasteiger partial charge on any atom is -0.482 e. The van der Waals surface area contributed by atoms with E-state index in [-0.39, 0.29) is 24.5 Å². The van der Waals surface area contributed by atoms with Crippen molar-refractivity contribution in [3.63, 3.8) is 0 Å². The third-order valence-electron chi connectivity index (χ3n) is 5.24. The van der Waals surface area contributed by atoms with Crippen molar-refractivity contribution in [3.8, 4) is 5.75 Å². The van der Waals surface area contributed by atoms with E-state index in [9.17, 15) is 9.59 Å². The van der Waals surface area contributed by atoms with Crippen LogP contribution in [0.5, 0.6) is 5.75 Å². The van der Waals surface area contributed by atoms with Crippen molar-refractivity contribution in [1.29, 1.82) is 0 Å². The lowest BCUT2D eigenvalue weighted by Gasteiger charge is -2.19. The molecule has 0 aromatic heterocycles. The van der Waals surface area contributed by atoms with Crippen molar-refractivity contribution in [2.24, 2.45) is 0 Å². The van der Waals surface area contributed by atoms with Gasteiger partial charge in [-0.05, 0) is 57.0 Å². The van der Waals surface area contributed by atoms with Gasteiger partial charge in [0.1, 0.15) is 5.75 Å². The molecule has 0 spiro atoms. The molecule has 0 radical (unpaired) electrons. The highest BCUT2D eigenvalue weighted by atomic mass is 35.5. The first kappa shape index (κ1) is 24.4. The van der Waals surface area contributed by atoms with Gasteiger partial charge in [-0.1, -0.05) is 23.7 Å². The number of hydrogen-bond acceptors (Lipinski definition) is 5. The van der Waals surface area contributed by atoms with Gasteiger partial charge in [-0.25, -0.2) is 0 Å². The summed E-state index contributed by atoms with van der Waals surface area (Å²) in [5.74, 6) is 0.925. The number of likely N-dealkylation sites (N-methyl/N-ethyl adjacent to an activating group) is 1. The summed E-state index contributed by atoms with van der Waals surface area (Å²) in [5, 5.41) is 3.23.